The Morgan fingerprint density at radius 1 is 1.38 bits per heavy atom. The summed E-state index contributed by atoms with van der Waals surface area (Å²) in [6, 6.07) is 5.94. The van der Waals surface area contributed by atoms with Gasteiger partial charge in [0.25, 0.3) is 0 Å². The van der Waals surface area contributed by atoms with E-state index in [0.717, 1.165) is 43.4 Å². The lowest BCUT2D eigenvalue weighted by Crippen LogP contribution is -2.44. The number of thiazole rings is 1. The van der Waals surface area contributed by atoms with Crippen LogP contribution >= 0.6 is 11.3 Å². The van der Waals surface area contributed by atoms with Gasteiger partial charge in [0.2, 0.25) is 5.91 Å². The van der Waals surface area contributed by atoms with Gasteiger partial charge < -0.3 is 15.3 Å². The number of phenols is 1. The van der Waals surface area contributed by atoms with Crippen molar-refractivity contribution in [1.82, 2.24) is 4.98 Å². The fourth-order valence-corrected chi connectivity index (χ4v) is 7.79. The molecule has 34 heavy (non-hydrogen) atoms. The van der Waals surface area contributed by atoms with Crippen molar-refractivity contribution in [3.05, 3.63) is 40.4 Å². The summed E-state index contributed by atoms with van der Waals surface area (Å²) in [7, 11) is 0. The van der Waals surface area contributed by atoms with Crippen molar-refractivity contribution in [2.75, 3.05) is 11.9 Å². The fraction of sp³-hybridized carbons (Fsp3) is 0.593. The van der Waals surface area contributed by atoms with E-state index in [-0.39, 0.29) is 11.3 Å². The van der Waals surface area contributed by atoms with Crippen molar-refractivity contribution in [3.63, 3.8) is 0 Å². The Balaban J connectivity index is 1.38. The lowest BCUT2D eigenvalue weighted by atomic mass is 9.54. The molecule has 2 fully saturated rings. The number of nitrogens with one attached hydrogen (secondary N) is 1. The number of oxime groups is 1. The molecule has 0 saturated heterocycles. The van der Waals surface area contributed by atoms with Gasteiger partial charge in [-0.3, -0.25) is 4.79 Å². The first-order valence-electron chi connectivity index (χ1n) is 12.6. The molecule has 2 saturated carbocycles. The normalized spacial score (nSPS) is 31.0. The molecule has 1 heterocycles. The van der Waals surface area contributed by atoms with Crippen LogP contribution in [-0.2, 0) is 16.1 Å². The average molecular weight is 482 g/mol. The number of nitrogens with zero attached hydrogens (tertiary/aromatic N) is 2. The molecular formula is C27H35N3O3S. The Kier molecular flexibility index (Phi) is 6.40. The van der Waals surface area contributed by atoms with E-state index < -0.39 is 0 Å². The first-order chi connectivity index (χ1) is 16.4. The van der Waals surface area contributed by atoms with E-state index in [1.54, 1.807) is 6.20 Å². The maximum atomic E-state index is 12.7. The summed E-state index contributed by atoms with van der Waals surface area (Å²) in [6.07, 6.45) is 8.42. The highest BCUT2D eigenvalue weighted by Gasteiger charge is 2.57. The number of hydrogen-bond donors (Lipinski definition) is 2. The number of hydrogen-bond acceptors (Lipinski definition) is 6. The fourth-order valence-electron chi connectivity index (χ4n) is 7.11. The zero-order valence-electron chi connectivity index (χ0n) is 20.3. The summed E-state index contributed by atoms with van der Waals surface area (Å²) in [5.41, 5.74) is 3.94. The van der Waals surface area contributed by atoms with E-state index >= 15 is 0 Å². The molecule has 0 radical (unpaired) electrons. The minimum Gasteiger partial charge on any atom is -0.508 e. The quantitative estimate of drug-likeness (QED) is 0.492. The number of amides is 1. The summed E-state index contributed by atoms with van der Waals surface area (Å²) >= 11 is 1.51. The van der Waals surface area contributed by atoms with Gasteiger partial charge in [0.15, 0.2) is 5.13 Å². The summed E-state index contributed by atoms with van der Waals surface area (Å²) in [5, 5.41) is 18.3. The summed E-state index contributed by atoms with van der Waals surface area (Å²) < 4.78 is 0. The molecule has 1 aromatic carbocycles. The number of aryl methyl sites for hydroxylation is 2. The molecule has 1 amide bonds. The molecule has 0 spiro atoms. The number of aromatic hydroxyl groups is 1. The smallest absolute Gasteiger partial charge is 0.226 e. The SMILES string of the molecule is CCO/N=C1\C[C@@H](CCC(=O)Nc2ncc(C)s2)C2C3CCc4cc(O)ccc4C3CC[C@]12C. The molecule has 2 N–H and O–H groups in total. The predicted octanol–water partition coefficient (Wildman–Crippen LogP) is 6.05. The number of anilines is 1. The second kappa shape index (κ2) is 9.33. The van der Waals surface area contributed by atoms with Gasteiger partial charge in [-0.2, -0.15) is 0 Å². The van der Waals surface area contributed by atoms with Gasteiger partial charge in [-0.05, 0) is 99.3 Å². The third kappa shape index (κ3) is 4.23. The topological polar surface area (TPSA) is 83.8 Å². The van der Waals surface area contributed by atoms with Crippen molar-refractivity contribution in [1.29, 1.82) is 0 Å². The number of aromatic nitrogens is 1. The molecule has 3 aliphatic rings. The Hall–Kier alpha value is -2.41. The maximum absolute atomic E-state index is 12.7. The first-order valence-corrected chi connectivity index (χ1v) is 13.4. The standard InChI is InChI=1S/C27H35N3O3S/c1-4-33-30-23-14-18(6-10-24(32)29-26-28-15-16(2)34-26)25-22-8-5-17-13-19(31)7-9-20(17)21(22)11-12-27(23,25)3/h7,9,13,15,18,21-22,25,31H,4-6,8,10-12,14H2,1-3H3,(H,28,29,32)/b30-23+/t18-,21?,22?,25?,27-/m1/s1. The third-order valence-corrected chi connectivity index (χ3v) is 9.33. The van der Waals surface area contributed by atoms with E-state index in [0.29, 0.717) is 47.6 Å². The van der Waals surface area contributed by atoms with E-state index in [9.17, 15) is 9.90 Å². The van der Waals surface area contributed by atoms with Gasteiger partial charge in [-0.15, -0.1) is 11.3 Å². The highest BCUT2D eigenvalue weighted by Crippen LogP contribution is 2.62. The monoisotopic (exact) mass is 481 g/mol. The van der Waals surface area contributed by atoms with E-state index in [1.165, 1.54) is 28.2 Å². The van der Waals surface area contributed by atoms with Crippen LogP contribution in [0.1, 0.15) is 74.3 Å². The average Bonchev–Trinajstić information content (AvgIpc) is 3.35. The van der Waals surface area contributed by atoms with Gasteiger partial charge in [-0.25, -0.2) is 4.98 Å². The van der Waals surface area contributed by atoms with E-state index in [4.69, 9.17) is 4.84 Å². The highest BCUT2D eigenvalue weighted by atomic mass is 32.1. The van der Waals surface area contributed by atoms with Crippen molar-refractivity contribution in [2.24, 2.45) is 28.3 Å². The number of carbonyl (C=O) groups excluding carboxylic acids is 1. The third-order valence-electron chi connectivity index (χ3n) is 8.50. The van der Waals surface area contributed by atoms with Gasteiger partial charge in [-0.1, -0.05) is 18.1 Å². The Bertz CT molecular complexity index is 1100. The minimum atomic E-state index is 0.0261. The summed E-state index contributed by atoms with van der Waals surface area (Å²) in [4.78, 5) is 23.7. The van der Waals surface area contributed by atoms with Crippen LogP contribution in [0.3, 0.4) is 0 Å². The maximum Gasteiger partial charge on any atom is 0.226 e. The lowest BCUT2D eigenvalue weighted by Gasteiger charge is -2.50. The minimum absolute atomic E-state index is 0.0261. The molecule has 0 bridgehead atoms. The zero-order chi connectivity index (χ0) is 23.9. The van der Waals surface area contributed by atoms with E-state index in [2.05, 4.69) is 28.4 Å². The van der Waals surface area contributed by atoms with Gasteiger partial charge in [0.1, 0.15) is 12.4 Å². The molecule has 5 rings (SSSR count). The number of fused-ring (bicyclic) bond motifs is 5. The summed E-state index contributed by atoms with van der Waals surface area (Å²) in [5.74, 6) is 2.40. The number of carbonyl (C=O) groups is 1. The predicted molar refractivity (Wildman–Crippen MR) is 135 cm³/mol. The van der Waals surface area contributed by atoms with Crippen LogP contribution in [0.5, 0.6) is 5.75 Å². The van der Waals surface area contributed by atoms with Crippen molar-refractivity contribution >= 4 is 28.1 Å². The lowest BCUT2D eigenvalue weighted by molar-refractivity contribution is -0.116. The molecule has 2 aromatic rings. The second-order valence-corrected chi connectivity index (χ2v) is 11.7. The second-order valence-electron chi connectivity index (χ2n) is 10.5. The molecule has 0 aliphatic heterocycles. The van der Waals surface area contributed by atoms with Crippen LogP contribution in [0.4, 0.5) is 5.13 Å². The summed E-state index contributed by atoms with van der Waals surface area (Å²) in [6.45, 7) is 6.93. The van der Waals surface area contributed by atoms with Gasteiger partial charge in [0.05, 0.1) is 5.71 Å². The molecule has 6 nitrogen and oxygen atoms in total. The van der Waals surface area contributed by atoms with Crippen molar-refractivity contribution in [3.8, 4) is 5.75 Å². The van der Waals surface area contributed by atoms with Crippen LogP contribution < -0.4 is 5.32 Å². The highest BCUT2D eigenvalue weighted by molar-refractivity contribution is 7.15. The largest absolute Gasteiger partial charge is 0.508 e. The van der Waals surface area contributed by atoms with Crippen molar-refractivity contribution < 1.29 is 14.7 Å². The Morgan fingerprint density at radius 3 is 3.00 bits per heavy atom. The van der Waals surface area contributed by atoms with Crippen LogP contribution in [0, 0.1) is 30.1 Å². The van der Waals surface area contributed by atoms with Crippen LogP contribution in [-0.4, -0.2) is 28.3 Å². The molecule has 182 valence electrons. The van der Waals surface area contributed by atoms with Gasteiger partial charge in [0, 0.05) is 22.9 Å². The van der Waals surface area contributed by atoms with Crippen LogP contribution in [0.15, 0.2) is 29.6 Å². The number of rotatable bonds is 6. The van der Waals surface area contributed by atoms with Crippen molar-refractivity contribution in [2.45, 2.75) is 71.6 Å². The molecule has 3 unspecified atom stereocenters. The van der Waals surface area contributed by atoms with Crippen LogP contribution in [0.2, 0.25) is 0 Å². The zero-order valence-corrected chi connectivity index (χ0v) is 21.2. The Morgan fingerprint density at radius 2 is 2.24 bits per heavy atom. The van der Waals surface area contributed by atoms with Gasteiger partial charge >= 0.3 is 0 Å². The van der Waals surface area contributed by atoms with Crippen LogP contribution in [0.25, 0.3) is 0 Å². The molecular weight excluding hydrogens is 446 g/mol. The number of phenolic OH excluding ortho intramolecular Hbond substituents is 1. The molecule has 1 aromatic heterocycles. The molecule has 7 heteroatoms. The Labute approximate surface area is 205 Å². The van der Waals surface area contributed by atoms with E-state index in [1.807, 2.05) is 26.0 Å². The molecule has 5 atom stereocenters. The molecule has 3 aliphatic carbocycles. The first kappa shape index (κ1) is 23.3. The number of benzene rings is 1.